The van der Waals surface area contributed by atoms with Crippen molar-refractivity contribution in [2.75, 3.05) is 37.6 Å². The molecule has 3 heteroatoms. The largest absolute Gasteiger partial charge is 0.372 e. The van der Waals surface area contributed by atoms with Crippen LogP contribution in [0, 0.1) is 12.8 Å². The first kappa shape index (κ1) is 14.9. The summed E-state index contributed by atoms with van der Waals surface area (Å²) in [6.45, 7) is 9.23. The molecule has 2 aliphatic heterocycles. The maximum atomic E-state index is 5.76. The molecule has 0 bridgehead atoms. The van der Waals surface area contributed by atoms with Gasteiger partial charge < -0.3 is 15.5 Å². The van der Waals surface area contributed by atoms with Crippen molar-refractivity contribution in [1.29, 1.82) is 0 Å². The van der Waals surface area contributed by atoms with E-state index >= 15 is 0 Å². The van der Waals surface area contributed by atoms with Gasteiger partial charge in [0.05, 0.1) is 0 Å². The summed E-state index contributed by atoms with van der Waals surface area (Å²) in [5, 5.41) is 0. The van der Waals surface area contributed by atoms with E-state index in [1.165, 1.54) is 75.2 Å². The molecule has 0 spiro atoms. The second-order valence-electron chi connectivity index (χ2n) is 6.75. The Bertz CT molecular complexity index is 458. The molecule has 0 atom stereocenters. The average Bonchev–Trinajstić information content (AvgIpc) is 3.01. The lowest BCUT2D eigenvalue weighted by atomic mass is 9.95. The van der Waals surface area contributed by atoms with Crippen molar-refractivity contribution in [2.45, 2.75) is 39.2 Å². The maximum Gasteiger partial charge on any atom is 0.0369 e. The van der Waals surface area contributed by atoms with E-state index in [4.69, 9.17) is 5.73 Å². The van der Waals surface area contributed by atoms with Crippen LogP contribution in [0.5, 0.6) is 0 Å². The Balaban J connectivity index is 1.54. The number of benzene rings is 1. The molecule has 3 nitrogen and oxygen atoms in total. The minimum absolute atomic E-state index is 0.643. The van der Waals surface area contributed by atoms with Gasteiger partial charge in [-0.15, -0.1) is 0 Å². The maximum absolute atomic E-state index is 5.76. The summed E-state index contributed by atoms with van der Waals surface area (Å²) in [5.41, 5.74) is 9.73. The third-order valence-electron chi connectivity index (χ3n) is 5.24. The molecule has 0 saturated carbocycles. The lowest BCUT2D eigenvalue weighted by molar-refractivity contribution is 0.249. The predicted octanol–water partition coefficient (Wildman–Crippen LogP) is 2.77. The zero-order valence-electron chi connectivity index (χ0n) is 13.4. The van der Waals surface area contributed by atoms with E-state index in [9.17, 15) is 0 Å². The van der Waals surface area contributed by atoms with Crippen LogP contribution in [0.2, 0.25) is 0 Å². The van der Waals surface area contributed by atoms with Gasteiger partial charge in [0.1, 0.15) is 0 Å². The summed E-state index contributed by atoms with van der Waals surface area (Å²) in [4.78, 5) is 5.22. The van der Waals surface area contributed by atoms with Crippen LogP contribution in [0.1, 0.15) is 36.8 Å². The highest BCUT2D eigenvalue weighted by atomic mass is 15.2. The Morgan fingerprint density at radius 2 is 1.81 bits per heavy atom. The molecule has 2 fully saturated rings. The lowest BCUT2D eigenvalue weighted by Gasteiger charge is -2.35. The molecule has 0 aromatic heterocycles. The summed E-state index contributed by atoms with van der Waals surface area (Å²) in [6.07, 6.45) is 5.50. The first-order chi connectivity index (χ1) is 10.3. The number of nitrogens with two attached hydrogens (primary N) is 1. The zero-order valence-corrected chi connectivity index (χ0v) is 13.4. The Morgan fingerprint density at radius 1 is 1.10 bits per heavy atom. The van der Waals surface area contributed by atoms with Gasteiger partial charge >= 0.3 is 0 Å². The van der Waals surface area contributed by atoms with E-state index in [1.54, 1.807) is 0 Å². The fourth-order valence-electron chi connectivity index (χ4n) is 3.81. The molecule has 116 valence electrons. The minimum atomic E-state index is 0.643. The van der Waals surface area contributed by atoms with E-state index in [-0.39, 0.29) is 0 Å². The monoisotopic (exact) mass is 287 g/mol. The van der Waals surface area contributed by atoms with Crippen LogP contribution in [-0.2, 0) is 6.54 Å². The van der Waals surface area contributed by atoms with Crippen molar-refractivity contribution < 1.29 is 0 Å². The van der Waals surface area contributed by atoms with Gasteiger partial charge in [0.2, 0.25) is 0 Å². The van der Waals surface area contributed by atoms with Gasteiger partial charge in [0, 0.05) is 31.9 Å². The van der Waals surface area contributed by atoms with Gasteiger partial charge in [0.25, 0.3) is 0 Å². The molecule has 2 N–H and O–H groups in total. The molecule has 0 amide bonds. The third kappa shape index (κ3) is 3.58. The summed E-state index contributed by atoms with van der Waals surface area (Å²) in [5.74, 6) is 0.906. The van der Waals surface area contributed by atoms with Crippen LogP contribution >= 0.6 is 0 Å². The number of nitrogens with zero attached hydrogens (tertiary/aromatic N) is 2. The van der Waals surface area contributed by atoms with Crippen LogP contribution in [-0.4, -0.2) is 37.6 Å². The SMILES string of the molecule is Cc1cc(N2CCC(CN3CCCC3)CC2)ccc1CN. The van der Waals surface area contributed by atoms with Gasteiger partial charge in [-0.2, -0.15) is 0 Å². The Morgan fingerprint density at radius 3 is 2.43 bits per heavy atom. The molecular weight excluding hydrogens is 258 g/mol. The number of rotatable bonds is 4. The van der Waals surface area contributed by atoms with Gasteiger partial charge in [-0.25, -0.2) is 0 Å². The summed E-state index contributed by atoms with van der Waals surface area (Å²) >= 11 is 0. The molecule has 0 aliphatic carbocycles. The number of piperidine rings is 1. The Labute approximate surface area is 129 Å². The van der Waals surface area contributed by atoms with Crippen LogP contribution in [0.4, 0.5) is 5.69 Å². The van der Waals surface area contributed by atoms with Gasteiger partial charge in [0.15, 0.2) is 0 Å². The van der Waals surface area contributed by atoms with E-state index in [1.807, 2.05) is 0 Å². The van der Waals surface area contributed by atoms with Crippen molar-refractivity contribution in [3.05, 3.63) is 29.3 Å². The summed E-state index contributed by atoms with van der Waals surface area (Å²) in [6, 6.07) is 6.75. The minimum Gasteiger partial charge on any atom is -0.372 e. The van der Waals surface area contributed by atoms with Crippen molar-refractivity contribution in [2.24, 2.45) is 11.7 Å². The highest BCUT2D eigenvalue weighted by Crippen LogP contribution is 2.26. The van der Waals surface area contributed by atoms with Gasteiger partial charge in [-0.1, -0.05) is 6.07 Å². The summed E-state index contributed by atoms with van der Waals surface area (Å²) < 4.78 is 0. The average molecular weight is 287 g/mol. The Kier molecular flexibility index (Phi) is 4.81. The van der Waals surface area contributed by atoms with Crippen LogP contribution < -0.4 is 10.6 Å². The number of aryl methyl sites for hydroxylation is 1. The Hall–Kier alpha value is -1.06. The number of hydrogen-bond acceptors (Lipinski definition) is 3. The molecule has 0 radical (unpaired) electrons. The molecule has 0 unspecified atom stereocenters. The quantitative estimate of drug-likeness (QED) is 0.924. The molecule has 2 aliphatic rings. The molecule has 3 rings (SSSR count). The second kappa shape index (κ2) is 6.80. The topological polar surface area (TPSA) is 32.5 Å². The fraction of sp³-hybridized carbons (Fsp3) is 0.667. The fourth-order valence-corrected chi connectivity index (χ4v) is 3.81. The van der Waals surface area contributed by atoms with Gasteiger partial charge in [-0.05, 0) is 74.9 Å². The number of hydrogen-bond donors (Lipinski definition) is 1. The molecule has 21 heavy (non-hydrogen) atoms. The van der Waals surface area contributed by atoms with E-state index in [0.717, 1.165) is 5.92 Å². The smallest absolute Gasteiger partial charge is 0.0369 e. The number of likely N-dealkylation sites (tertiary alicyclic amines) is 1. The number of anilines is 1. The standard InChI is InChI=1S/C18H29N3/c1-15-12-18(5-4-17(15)13-19)21-10-6-16(7-11-21)14-20-8-2-3-9-20/h4-5,12,16H,2-3,6-11,13-14,19H2,1H3. The van der Waals surface area contributed by atoms with E-state index in [0.29, 0.717) is 6.54 Å². The summed E-state index contributed by atoms with van der Waals surface area (Å²) in [7, 11) is 0. The van der Waals surface area contributed by atoms with Crippen LogP contribution in [0.3, 0.4) is 0 Å². The van der Waals surface area contributed by atoms with Crippen molar-refractivity contribution in [1.82, 2.24) is 4.90 Å². The highest BCUT2D eigenvalue weighted by molar-refractivity contribution is 5.51. The first-order valence-corrected chi connectivity index (χ1v) is 8.53. The van der Waals surface area contributed by atoms with Crippen molar-refractivity contribution >= 4 is 5.69 Å². The zero-order chi connectivity index (χ0) is 14.7. The normalized spacial score (nSPS) is 21.1. The third-order valence-corrected chi connectivity index (χ3v) is 5.24. The molecule has 1 aromatic rings. The van der Waals surface area contributed by atoms with Crippen molar-refractivity contribution in [3.8, 4) is 0 Å². The predicted molar refractivity (Wildman–Crippen MR) is 89.7 cm³/mol. The van der Waals surface area contributed by atoms with Crippen molar-refractivity contribution in [3.63, 3.8) is 0 Å². The van der Waals surface area contributed by atoms with Crippen LogP contribution in [0.15, 0.2) is 18.2 Å². The van der Waals surface area contributed by atoms with Gasteiger partial charge in [-0.3, -0.25) is 0 Å². The molecule has 2 heterocycles. The van der Waals surface area contributed by atoms with E-state index in [2.05, 4.69) is 34.9 Å². The van der Waals surface area contributed by atoms with E-state index < -0.39 is 0 Å². The molecule has 1 aromatic carbocycles. The molecular formula is C18H29N3. The first-order valence-electron chi connectivity index (χ1n) is 8.53. The molecule has 2 saturated heterocycles. The van der Waals surface area contributed by atoms with Crippen LogP contribution in [0.25, 0.3) is 0 Å². The second-order valence-corrected chi connectivity index (χ2v) is 6.75. The highest BCUT2D eigenvalue weighted by Gasteiger charge is 2.23. The lowest BCUT2D eigenvalue weighted by Crippen LogP contribution is -2.38.